The van der Waals surface area contributed by atoms with Crippen LogP contribution in [0.25, 0.3) is 16.5 Å². The van der Waals surface area contributed by atoms with Crippen molar-refractivity contribution in [1.82, 2.24) is 10.3 Å². The molecular weight excluding hydrogens is 288 g/mol. The number of carbonyl (C=O) groups is 1. The van der Waals surface area contributed by atoms with Gasteiger partial charge in [0.1, 0.15) is 0 Å². The number of hydrogen-bond acceptors (Lipinski definition) is 3. The van der Waals surface area contributed by atoms with Gasteiger partial charge in [-0.2, -0.15) is 0 Å². The van der Waals surface area contributed by atoms with E-state index in [0.717, 1.165) is 23.7 Å². The molecule has 0 saturated carbocycles. The van der Waals surface area contributed by atoms with Crippen LogP contribution in [0, 0.1) is 0 Å². The summed E-state index contributed by atoms with van der Waals surface area (Å²) >= 11 is 0. The van der Waals surface area contributed by atoms with Gasteiger partial charge in [-0.25, -0.2) is 0 Å². The Hall–Kier alpha value is -2.20. The second-order valence-corrected chi connectivity index (χ2v) is 6.13. The molecule has 1 aliphatic rings. The molecule has 1 aromatic heterocycles. The lowest BCUT2D eigenvalue weighted by Crippen LogP contribution is -2.35. The molecule has 2 N–H and O–H groups in total. The zero-order chi connectivity index (χ0) is 16.2. The molecule has 1 atom stereocenters. The standard InChI is InChI=1S/C19H22N2O2/c1-13(12-22)21-19(23)15-10-17-16(14-6-3-2-4-7-14)8-5-9-18(17)20-11-15/h5-6,8-11,13,22H,2-4,7,12H2,1H3,(H,21,23)/t13-/m0/s1. The number of aliphatic hydroxyl groups is 1. The highest BCUT2D eigenvalue weighted by Gasteiger charge is 2.14. The summed E-state index contributed by atoms with van der Waals surface area (Å²) in [6, 6.07) is 7.74. The van der Waals surface area contributed by atoms with Crippen LogP contribution in [-0.2, 0) is 0 Å². The molecule has 1 aliphatic carbocycles. The third-order valence-electron chi connectivity index (χ3n) is 4.28. The van der Waals surface area contributed by atoms with Gasteiger partial charge in [0.2, 0.25) is 0 Å². The summed E-state index contributed by atoms with van der Waals surface area (Å²) in [6.45, 7) is 1.69. The Kier molecular flexibility index (Phi) is 4.72. The van der Waals surface area contributed by atoms with Crippen LogP contribution in [0.5, 0.6) is 0 Å². The van der Waals surface area contributed by atoms with Gasteiger partial charge in [-0.3, -0.25) is 9.78 Å². The second-order valence-electron chi connectivity index (χ2n) is 6.13. The maximum absolute atomic E-state index is 12.3. The maximum Gasteiger partial charge on any atom is 0.253 e. The minimum Gasteiger partial charge on any atom is -0.394 e. The first-order chi connectivity index (χ1) is 11.2. The van der Waals surface area contributed by atoms with Crippen LogP contribution in [0.2, 0.25) is 0 Å². The zero-order valence-corrected chi connectivity index (χ0v) is 13.4. The third kappa shape index (κ3) is 3.42. The molecule has 0 bridgehead atoms. The van der Waals surface area contributed by atoms with Crippen LogP contribution in [0.1, 0.15) is 48.5 Å². The molecule has 1 aromatic carbocycles. The number of fused-ring (bicyclic) bond motifs is 1. The van der Waals surface area contributed by atoms with Gasteiger partial charge in [0, 0.05) is 17.6 Å². The van der Waals surface area contributed by atoms with E-state index < -0.39 is 0 Å². The van der Waals surface area contributed by atoms with Crippen molar-refractivity contribution in [2.75, 3.05) is 6.61 Å². The van der Waals surface area contributed by atoms with Crippen LogP contribution >= 0.6 is 0 Å². The molecule has 2 aromatic rings. The Labute approximate surface area is 136 Å². The number of aliphatic hydroxyl groups excluding tert-OH is 1. The van der Waals surface area contributed by atoms with Crippen LogP contribution in [-0.4, -0.2) is 28.6 Å². The fourth-order valence-electron chi connectivity index (χ4n) is 2.99. The average Bonchev–Trinajstić information content (AvgIpc) is 2.61. The highest BCUT2D eigenvalue weighted by atomic mass is 16.3. The third-order valence-corrected chi connectivity index (χ3v) is 4.28. The zero-order valence-electron chi connectivity index (χ0n) is 13.4. The number of amides is 1. The van der Waals surface area contributed by atoms with E-state index >= 15 is 0 Å². The Balaban J connectivity index is 2.00. The molecule has 4 heteroatoms. The maximum atomic E-state index is 12.3. The van der Waals surface area contributed by atoms with E-state index in [1.54, 1.807) is 13.1 Å². The van der Waals surface area contributed by atoms with Gasteiger partial charge in [-0.05, 0) is 55.9 Å². The van der Waals surface area contributed by atoms with Crippen molar-refractivity contribution in [3.8, 4) is 0 Å². The first-order valence-electron chi connectivity index (χ1n) is 8.19. The second kappa shape index (κ2) is 6.92. The molecule has 0 spiro atoms. The van der Waals surface area contributed by atoms with Gasteiger partial charge in [-0.15, -0.1) is 0 Å². The van der Waals surface area contributed by atoms with Crippen LogP contribution in [0.4, 0.5) is 0 Å². The lowest BCUT2D eigenvalue weighted by Gasteiger charge is -2.16. The molecule has 0 unspecified atom stereocenters. The molecule has 0 saturated heterocycles. The number of pyridine rings is 1. The van der Waals surface area contributed by atoms with E-state index in [0.29, 0.717) is 5.56 Å². The Bertz CT molecular complexity index is 752. The molecular formula is C19H22N2O2. The Morgan fingerprint density at radius 2 is 2.26 bits per heavy atom. The Morgan fingerprint density at radius 3 is 3.00 bits per heavy atom. The molecule has 1 amide bonds. The smallest absolute Gasteiger partial charge is 0.253 e. The number of nitrogens with zero attached hydrogens (tertiary/aromatic N) is 1. The van der Waals surface area contributed by atoms with E-state index in [1.807, 2.05) is 18.2 Å². The van der Waals surface area contributed by atoms with Crippen molar-refractivity contribution >= 4 is 22.4 Å². The lowest BCUT2D eigenvalue weighted by atomic mass is 9.91. The molecule has 4 nitrogen and oxygen atoms in total. The highest BCUT2D eigenvalue weighted by molar-refractivity contribution is 6.00. The number of hydrogen-bond donors (Lipinski definition) is 2. The quantitative estimate of drug-likeness (QED) is 0.911. The van der Waals surface area contributed by atoms with E-state index in [9.17, 15) is 4.79 Å². The topological polar surface area (TPSA) is 62.2 Å². The fourth-order valence-corrected chi connectivity index (χ4v) is 2.99. The van der Waals surface area contributed by atoms with Gasteiger partial charge < -0.3 is 10.4 Å². The van der Waals surface area contributed by atoms with Crippen molar-refractivity contribution in [2.24, 2.45) is 0 Å². The first kappa shape index (κ1) is 15.7. The minimum absolute atomic E-state index is 0.0785. The molecule has 1 heterocycles. The van der Waals surface area contributed by atoms with E-state index in [2.05, 4.69) is 22.4 Å². The lowest BCUT2D eigenvalue weighted by molar-refractivity contribution is 0.0922. The van der Waals surface area contributed by atoms with Gasteiger partial charge in [0.05, 0.1) is 17.7 Å². The van der Waals surface area contributed by atoms with E-state index in [4.69, 9.17) is 5.11 Å². The fraction of sp³-hybridized carbons (Fsp3) is 0.368. The number of allylic oxidation sites excluding steroid dienone is 2. The summed E-state index contributed by atoms with van der Waals surface area (Å²) in [5, 5.41) is 12.9. The molecule has 3 rings (SSSR count). The van der Waals surface area contributed by atoms with Crippen LogP contribution in [0.3, 0.4) is 0 Å². The van der Waals surface area contributed by atoms with Crippen molar-refractivity contribution in [3.05, 3.63) is 47.7 Å². The van der Waals surface area contributed by atoms with Crippen molar-refractivity contribution in [3.63, 3.8) is 0 Å². The summed E-state index contributed by atoms with van der Waals surface area (Å²) < 4.78 is 0. The molecule has 0 radical (unpaired) electrons. The van der Waals surface area contributed by atoms with Crippen molar-refractivity contribution < 1.29 is 9.90 Å². The monoisotopic (exact) mass is 310 g/mol. The largest absolute Gasteiger partial charge is 0.394 e. The summed E-state index contributed by atoms with van der Waals surface area (Å²) in [5.74, 6) is -0.201. The van der Waals surface area contributed by atoms with E-state index in [-0.39, 0.29) is 18.6 Å². The highest BCUT2D eigenvalue weighted by Crippen LogP contribution is 2.31. The summed E-state index contributed by atoms with van der Waals surface area (Å²) in [4.78, 5) is 16.7. The number of benzene rings is 1. The number of carbonyl (C=O) groups excluding carboxylic acids is 1. The SMILES string of the molecule is C[C@@H](CO)NC(=O)c1cnc2cccc(C3=CCCCC3)c2c1. The van der Waals surface area contributed by atoms with Gasteiger partial charge in [0.25, 0.3) is 5.91 Å². The van der Waals surface area contributed by atoms with Gasteiger partial charge in [0.15, 0.2) is 0 Å². The summed E-state index contributed by atoms with van der Waals surface area (Å²) in [6.07, 6.45) is 8.56. The predicted molar refractivity (Wildman–Crippen MR) is 92.2 cm³/mol. The molecule has 120 valence electrons. The number of nitrogens with one attached hydrogen (secondary N) is 1. The summed E-state index contributed by atoms with van der Waals surface area (Å²) in [7, 11) is 0. The predicted octanol–water partition coefficient (Wildman–Crippen LogP) is 3.30. The average molecular weight is 310 g/mol. The van der Waals surface area contributed by atoms with Crippen LogP contribution < -0.4 is 5.32 Å². The van der Waals surface area contributed by atoms with Crippen molar-refractivity contribution in [1.29, 1.82) is 0 Å². The Morgan fingerprint density at radius 1 is 1.39 bits per heavy atom. The van der Waals surface area contributed by atoms with E-state index in [1.165, 1.54) is 24.0 Å². The number of aromatic nitrogens is 1. The molecule has 23 heavy (non-hydrogen) atoms. The van der Waals surface area contributed by atoms with Gasteiger partial charge in [-0.1, -0.05) is 18.2 Å². The summed E-state index contributed by atoms with van der Waals surface area (Å²) in [5.41, 5.74) is 3.96. The number of rotatable bonds is 4. The van der Waals surface area contributed by atoms with Gasteiger partial charge >= 0.3 is 0 Å². The van der Waals surface area contributed by atoms with Crippen LogP contribution in [0.15, 0.2) is 36.5 Å². The first-order valence-corrected chi connectivity index (χ1v) is 8.19. The normalized spacial score (nSPS) is 16.0. The minimum atomic E-state index is -0.269. The molecule has 0 fully saturated rings. The molecule has 0 aliphatic heterocycles. The van der Waals surface area contributed by atoms with Crippen molar-refractivity contribution in [2.45, 2.75) is 38.6 Å².